The Labute approximate surface area is 145 Å². The fourth-order valence-corrected chi connectivity index (χ4v) is 2.58. The van der Waals surface area contributed by atoms with Crippen LogP contribution in [0.4, 0.5) is 0 Å². The highest BCUT2D eigenvalue weighted by Crippen LogP contribution is 2.28. The molecule has 0 saturated carbocycles. The number of allylic oxidation sites excluding steroid dienone is 2. The molecule has 0 spiro atoms. The van der Waals surface area contributed by atoms with Gasteiger partial charge in [0, 0.05) is 23.6 Å². The summed E-state index contributed by atoms with van der Waals surface area (Å²) in [6.45, 7) is 1.58. The van der Waals surface area contributed by atoms with Gasteiger partial charge in [0.1, 0.15) is 0 Å². The van der Waals surface area contributed by atoms with Crippen molar-refractivity contribution in [1.82, 2.24) is 0 Å². The van der Waals surface area contributed by atoms with Crippen LogP contribution >= 0.6 is 0 Å². The third kappa shape index (κ3) is 3.85. The van der Waals surface area contributed by atoms with Crippen molar-refractivity contribution in [2.24, 2.45) is 0 Å². The predicted octanol–water partition coefficient (Wildman–Crippen LogP) is 2.30. The predicted molar refractivity (Wildman–Crippen MR) is 90.6 cm³/mol. The average molecular weight is 342 g/mol. The first-order valence-electron chi connectivity index (χ1n) is 7.50. The second-order valence-electron chi connectivity index (χ2n) is 5.42. The first kappa shape index (κ1) is 18.2. The molecule has 0 atom stereocenters. The lowest BCUT2D eigenvalue weighted by Gasteiger charge is -2.20. The van der Waals surface area contributed by atoms with Crippen molar-refractivity contribution >= 4 is 23.6 Å². The largest absolute Gasteiger partial charge is 0.489 e. The standard InChI is InChI=1S/C19H18O6/c1-11-14(17(23)19(25-3)18(24-2)16(11)22)10-13-6-4-5-12(9-13)7-8-15(20)21/h4-9H,10H2,1-3H3,(H,20,21)/b8-7+. The molecule has 0 heterocycles. The van der Waals surface area contributed by atoms with Crippen molar-refractivity contribution in [3.63, 3.8) is 0 Å². The number of hydrogen-bond donors (Lipinski definition) is 1. The van der Waals surface area contributed by atoms with Gasteiger partial charge in [-0.25, -0.2) is 4.79 Å². The Kier molecular flexibility index (Phi) is 5.54. The maximum absolute atomic E-state index is 12.6. The molecule has 1 aliphatic carbocycles. The number of carbonyl (C=O) groups is 3. The van der Waals surface area contributed by atoms with E-state index in [-0.39, 0.29) is 29.5 Å². The highest BCUT2D eigenvalue weighted by atomic mass is 16.5. The molecule has 0 aromatic heterocycles. The number of carboxylic acids is 1. The topological polar surface area (TPSA) is 89.9 Å². The molecular formula is C19H18O6. The summed E-state index contributed by atoms with van der Waals surface area (Å²) in [5.74, 6) is -2.00. The number of carbonyl (C=O) groups excluding carboxylic acids is 2. The maximum atomic E-state index is 12.6. The maximum Gasteiger partial charge on any atom is 0.328 e. The first-order chi connectivity index (χ1) is 11.9. The van der Waals surface area contributed by atoms with Crippen LogP contribution in [0.3, 0.4) is 0 Å². The Morgan fingerprint density at radius 1 is 1.12 bits per heavy atom. The van der Waals surface area contributed by atoms with Gasteiger partial charge in [0.2, 0.25) is 23.1 Å². The van der Waals surface area contributed by atoms with Gasteiger partial charge < -0.3 is 14.6 Å². The molecule has 25 heavy (non-hydrogen) atoms. The zero-order valence-electron chi connectivity index (χ0n) is 14.2. The van der Waals surface area contributed by atoms with E-state index in [0.717, 1.165) is 11.6 Å². The molecule has 0 unspecified atom stereocenters. The van der Waals surface area contributed by atoms with Gasteiger partial charge in [-0.2, -0.15) is 0 Å². The Balaban J connectivity index is 2.35. The molecule has 0 aliphatic heterocycles. The van der Waals surface area contributed by atoms with Gasteiger partial charge >= 0.3 is 5.97 Å². The van der Waals surface area contributed by atoms with Crippen LogP contribution in [0.2, 0.25) is 0 Å². The van der Waals surface area contributed by atoms with Crippen LogP contribution in [-0.2, 0) is 30.3 Å². The number of methoxy groups -OCH3 is 2. The number of rotatable bonds is 6. The van der Waals surface area contributed by atoms with Crippen LogP contribution in [-0.4, -0.2) is 36.9 Å². The second kappa shape index (κ2) is 7.61. The van der Waals surface area contributed by atoms with E-state index in [1.807, 2.05) is 0 Å². The Morgan fingerprint density at radius 3 is 2.36 bits per heavy atom. The van der Waals surface area contributed by atoms with Gasteiger partial charge in [-0.3, -0.25) is 9.59 Å². The number of ether oxygens (including phenoxy) is 2. The van der Waals surface area contributed by atoms with Gasteiger partial charge in [0.05, 0.1) is 14.2 Å². The summed E-state index contributed by atoms with van der Waals surface area (Å²) >= 11 is 0. The van der Waals surface area contributed by atoms with E-state index in [9.17, 15) is 14.4 Å². The van der Waals surface area contributed by atoms with Crippen LogP contribution < -0.4 is 0 Å². The van der Waals surface area contributed by atoms with Crippen molar-refractivity contribution in [3.05, 3.63) is 64.1 Å². The van der Waals surface area contributed by atoms with Crippen molar-refractivity contribution in [2.75, 3.05) is 14.2 Å². The lowest BCUT2D eigenvalue weighted by atomic mass is 9.88. The minimum absolute atomic E-state index is 0.0908. The van der Waals surface area contributed by atoms with E-state index >= 15 is 0 Å². The molecule has 130 valence electrons. The second-order valence-corrected chi connectivity index (χ2v) is 5.42. The van der Waals surface area contributed by atoms with E-state index < -0.39 is 5.97 Å². The minimum Gasteiger partial charge on any atom is -0.489 e. The highest BCUT2D eigenvalue weighted by molar-refractivity contribution is 6.23. The molecule has 2 rings (SSSR count). The molecule has 1 aromatic carbocycles. The SMILES string of the molecule is COC1=C(OC)C(=O)C(Cc2cccc(/C=C/C(=O)O)c2)=C(C)C1=O. The molecule has 0 bridgehead atoms. The van der Waals surface area contributed by atoms with Crippen LogP contribution in [0.5, 0.6) is 0 Å². The summed E-state index contributed by atoms with van der Waals surface area (Å²) in [7, 11) is 2.63. The number of Topliss-reactive ketones (excluding diaryl/α,β-unsaturated/α-hetero) is 2. The Bertz CT molecular complexity index is 826. The quantitative estimate of drug-likeness (QED) is 0.630. The monoisotopic (exact) mass is 342 g/mol. The van der Waals surface area contributed by atoms with E-state index in [2.05, 4.69) is 0 Å². The molecule has 1 N–H and O–H groups in total. The molecule has 6 nitrogen and oxygen atoms in total. The average Bonchev–Trinajstić information content (AvgIpc) is 2.60. The van der Waals surface area contributed by atoms with Crippen LogP contribution in [0.25, 0.3) is 6.08 Å². The van der Waals surface area contributed by atoms with E-state index in [0.29, 0.717) is 16.7 Å². The van der Waals surface area contributed by atoms with Crippen molar-refractivity contribution in [3.8, 4) is 0 Å². The van der Waals surface area contributed by atoms with Gasteiger partial charge in [-0.05, 0) is 24.1 Å². The number of hydrogen-bond acceptors (Lipinski definition) is 5. The van der Waals surface area contributed by atoms with Gasteiger partial charge in [0.25, 0.3) is 0 Å². The Morgan fingerprint density at radius 2 is 1.76 bits per heavy atom. The zero-order chi connectivity index (χ0) is 18.6. The van der Waals surface area contributed by atoms with Crippen LogP contribution in [0.15, 0.2) is 53.0 Å². The third-order valence-electron chi connectivity index (χ3n) is 3.84. The van der Waals surface area contributed by atoms with Crippen LogP contribution in [0, 0.1) is 0 Å². The minimum atomic E-state index is -1.04. The fourth-order valence-electron chi connectivity index (χ4n) is 2.58. The van der Waals surface area contributed by atoms with Gasteiger partial charge in [0.15, 0.2) is 0 Å². The van der Waals surface area contributed by atoms with Crippen LogP contribution in [0.1, 0.15) is 18.1 Å². The molecule has 1 aromatic rings. The van der Waals surface area contributed by atoms with Crippen molar-refractivity contribution in [2.45, 2.75) is 13.3 Å². The molecule has 0 saturated heterocycles. The molecule has 1 aliphatic rings. The summed E-state index contributed by atoms with van der Waals surface area (Å²) in [5, 5.41) is 8.70. The summed E-state index contributed by atoms with van der Waals surface area (Å²) in [6.07, 6.45) is 2.73. The van der Waals surface area contributed by atoms with E-state index in [4.69, 9.17) is 14.6 Å². The van der Waals surface area contributed by atoms with Gasteiger partial charge in [-0.1, -0.05) is 24.3 Å². The normalized spacial score (nSPS) is 15.2. The van der Waals surface area contributed by atoms with E-state index in [1.165, 1.54) is 20.3 Å². The summed E-state index contributed by atoms with van der Waals surface area (Å²) in [4.78, 5) is 35.6. The number of aliphatic carboxylic acids is 1. The molecular weight excluding hydrogens is 324 g/mol. The highest BCUT2D eigenvalue weighted by Gasteiger charge is 2.34. The zero-order valence-corrected chi connectivity index (χ0v) is 14.2. The lowest BCUT2D eigenvalue weighted by molar-refractivity contribution is -0.131. The summed E-state index contributed by atoms with van der Waals surface area (Å²) in [5.41, 5.74) is 2.11. The fraction of sp³-hybridized carbons (Fsp3) is 0.211. The smallest absolute Gasteiger partial charge is 0.328 e. The summed E-state index contributed by atoms with van der Waals surface area (Å²) < 4.78 is 10.1. The van der Waals surface area contributed by atoms with Gasteiger partial charge in [-0.15, -0.1) is 0 Å². The molecule has 6 heteroatoms. The third-order valence-corrected chi connectivity index (χ3v) is 3.84. The molecule has 0 radical (unpaired) electrons. The Hall–Kier alpha value is -3.15. The summed E-state index contributed by atoms with van der Waals surface area (Å²) in [6, 6.07) is 7.08. The molecule has 0 fully saturated rings. The van der Waals surface area contributed by atoms with Crippen molar-refractivity contribution in [1.29, 1.82) is 0 Å². The number of ketones is 2. The number of benzene rings is 1. The first-order valence-corrected chi connectivity index (χ1v) is 7.50. The van der Waals surface area contributed by atoms with E-state index in [1.54, 1.807) is 31.2 Å². The lowest BCUT2D eigenvalue weighted by Crippen LogP contribution is -2.26. The van der Waals surface area contributed by atoms with Crippen molar-refractivity contribution < 1.29 is 29.0 Å². The molecule has 0 amide bonds. The number of carboxylic acid groups (broad SMARTS) is 1.